The summed E-state index contributed by atoms with van der Waals surface area (Å²) in [5, 5.41) is 27.8. The van der Waals surface area contributed by atoms with Gasteiger partial charge in [-0.05, 0) is 37.0 Å². The molecule has 2 N–H and O–H groups in total. The van der Waals surface area contributed by atoms with E-state index in [1.807, 2.05) is 18.2 Å². The quantitative estimate of drug-likeness (QED) is 0.795. The summed E-state index contributed by atoms with van der Waals surface area (Å²) < 4.78 is 0. The third-order valence-electron chi connectivity index (χ3n) is 3.36. The highest BCUT2D eigenvalue weighted by atomic mass is 16.3. The molecular formula is C14H18N2O2. The summed E-state index contributed by atoms with van der Waals surface area (Å²) in [6, 6.07) is 9.10. The van der Waals surface area contributed by atoms with Crippen LogP contribution in [0.4, 0.5) is 5.69 Å². The van der Waals surface area contributed by atoms with Crippen LogP contribution in [0.1, 0.15) is 30.9 Å². The highest BCUT2D eigenvalue weighted by Gasteiger charge is 2.19. The Hall–Kier alpha value is -1.57. The molecule has 1 heterocycles. The molecule has 0 saturated carbocycles. The fraction of sp³-hybridized carbons (Fsp3) is 0.500. The second kappa shape index (κ2) is 5.85. The van der Waals surface area contributed by atoms with Crippen molar-refractivity contribution in [2.45, 2.75) is 31.5 Å². The van der Waals surface area contributed by atoms with Crippen molar-refractivity contribution < 1.29 is 10.2 Å². The summed E-state index contributed by atoms with van der Waals surface area (Å²) in [6.45, 7) is 2.06. The van der Waals surface area contributed by atoms with Crippen molar-refractivity contribution in [3.05, 3.63) is 29.8 Å². The lowest BCUT2D eigenvalue weighted by molar-refractivity contribution is 0.0528. The van der Waals surface area contributed by atoms with Gasteiger partial charge in [0.25, 0.3) is 0 Å². The lowest BCUT2D eigenvalue weighted by Gasteiger charge is -2.29. The van der Waals surface area contributed by atoms with Crippen LogP contribution < -0.4 is 4.90 Å². The third-order valence-corrected chi connectivity index (χ3v) is 3.36. The summed E-state index contributed by atoms with van der Waals surface area (Å²) in [5.41, 5.74) is 1.64. The topological polar surface area (TPSA) is 67.5 Å². The second-order valence-electron chi connectivity index (χ2n) is 4.66. The van der Waals surface area contributed by atoms with E-state index in [0.29, 0.717) is 5.56 Å². The van der Waals surface area contributed by atoms with Crippen LogP contribution in [0.15, 0.2) is 24.3 Å². The fourth-order valence-corrected chi connectivity index (χ4v) is 2.31. The number of nitriles is 1. The summed E-state index contributed by atoms with van der Waals surface area (Å²) in [7, 11) is 0. The molecule has 1 fully saturated rings. The fourth-order valence-electron chi connectivity index (χ4n) is 2.31. The Bertz CT molecular complexity index is 436. The van der Waals surface area contributed by atoms with E-state index < -0.39 is 12.2 Å². The minimum Gasteiger partial charge on any atom is -0.385 e. The Labute approximate surface area is 107 Å². The predicted molar refractivity (Wildman–Crippen MR) is 69.1 cm³/mol. The van der Waals surface area contributed by atoms with Crippen molar-refractivity contribution in [2.75, 3.05) is 18.0 Å². The molecule has 0 radical (unpaired) electrons. The van der Waals surface area contributed by atoms with Gasteiger partial charge in [-0.15, -0.1) is 0 Å². The standard InChI is InChI=1S/C14H18N2O2/c15-10-13(17)14(18)11-5-4-6-12(9-11)16-7-2-1-3-8-16/h4-6,9,13-14,17-18H,1-3,7-8H2. The lowest BCUT2D eigenvalue weighted by Crippen LogP contribution is -2.29. The number of piperidine rings is 1. The van der Waals surface area contributed by atoms with E-state index >= 15 is 0 Å². The van der Waals surface area contributed by atoms with Crippen LogP contribution in [-0.4, -0.2) is 29.4 Å². The van der Waals surface area contributed by atoms with E-state index in [1.165, 1.54) is 19.3 Å². The molecule has 0 bridgehead atoms. The maximum atomic E-state index is 9.82. The molecule has 1 aliphatic heterocycles. The average molecular weight is 246 g/mol. The van der Waals surface area contributed by atoms with Gasteiger partial charge in [-0.1, -0.05) is 12.1 Å². The maximum Gasteiger partial charge on any atom is 0.170 e. The first-order valence-corrected chi connectivity index (χ1v) is 6.33. The van der Waals surface area contributed by atoms with Gasteiger partial charge in [-0.2, -0.15) is 5.26 Å². The van der Waals surface area contributed by atoms with Crippen molar-refractivity contribution in [1.29, 1.82) is 5.26 Å². The first-order valence-electron chi connectivity index (χ1n) is 6.33. The smallest absolute Gasteiger partial charge is 0.170 e. The molecule has 4 nitrogen and oxygen atoms in total. The monoisotopic (exact) mass is 246 g/mol. The zero-order chi connectivity index (χ0) is 13.0. The molecule has 0 amide bonds. The highest BCUT2D eigenvalue weighted by molar-refractivity contribution is 5.49. The van der Waals surface area contributed by atoms with Crippen molar-refractivity contribution in [3.63, 3.8) is 0 Å². The predicted octanol–water partition coefficient (Wildman–Crippen LogP) is 1.59. The number of hydrogen-bond donors (Lipinski definition) is 2. The van der Waals surface area contributed by atoms with E-state index in [9.17, 15) is 10.2 Å². The average Bonchev–Trinajstić information content (AvgIpc) is 2.46. The van der Waals surface area contributed by atoms with Crippen molar-refractivity contribution in [2.24, 2.45) is 0 Å². The summed E-state index contributed by atoms with van der Waals surface area (Å²) in [6.07, 6.45) is 1.13. The number of hydrogen-bond acceptors (Lipinski definition) is 4. The molecule has 0 spiro atoms. The number of aliphatic hydroxyl groups excluding tert-OH is 2. The molecule has 0 aliphatic carbocycles. The van der Waals surface area contributed by atoms with Gasteiger partial charge in [0.15, 0.2) is 6.10 Å². The van der Waals surface area contributed by atoms with E-state index in [-0.39, 0.29) is 0 Å². The molecule has 1 aromatic carbocycles. The van der Waals surface area contributed by atoms with Gasteiger partial charge < -0.3 is 15.1 Å². The molecule has 1 saturated heterocycles. The van der Waals surface area contributed by atoms with Gasteiger partial charge in [0.2, 0.25) is 0 Å². The van der Waals surface area contributed by atoms with Crippen LogP contribution in [0.25, 0.3) is 0 Å². The number of nitrogens with zero attached hydrogens (tertiary/aromatic N) is 2. The Kier molecular flexibility index (Phi) is 4.19. The number of rotatable bonds is 3. The van der Waals surface area contributed by atoms with E-state index in [4.69, 9.17) is 5.26 Å². The van der Waals surface area contributed by atoms with Crippen LogP contribution in [0.5, 0.6) is 0 Å². The minimum atomic E-state index is -1.37. The molecule has 0 aromatic heterocycles. The van der Waals surface area contributed by atoms with E-state index in [1.54, 1.807) is 12.1 Å². The molecule has 2 atom stereocenters. The van der Waals surface area contributed by atoms with Gasteiger partial charge in [-0.3, -0.25) is 0 Å². The van der Waals surface area contributed by atoms with Crippen LogP contribution >= 0.6 is 0 Å². The molecule has 18 heavy (non-hydrogen) atoms. The Morgan fingerprint density at radius 1 is 1.17 bits per heavy atom. The molecule has 96 valence electrons. The maximum absolute atomic E-state index is 9.82. The normalized spacial score (nSPS) is 19.1. The molecule has 2 unspecified atom stereocenters. The number of anilines is 1. The molecule has 1 aromatic rings. The van der Waals surface area contributed by atoms with Gasteiger partial charge in [0.05, 0.1) is 6.07 Å². The number of aliphatic hydroxyl groups is 2. The highest BCUT2D eigenvalue weighted by Crippen LogP contribution is 2.25. The van der Waals surface area contributed by atoms with Crippen LogP contribution in [0.2, 0.25) is 0 Å². The first-order chi connectivity index (χ1) is 8.72. The van der Waals surface area contributed by atoms with Gasteiger partial charge in [0.1, 0.15) is 6.10 Å². The third kappa shape index (κ3) is 2.81. The zero-order valence-electron chi connectivity index (χ0n) is 10.3. The Morgan fingerprint density at radius 3 is 2.56 bits per heavy atom. The van der Waals surface area contributed by atoms with Crippen LogP contribution in [-0.2, 0) is 0 Å². The molecule has 2 rings (SSSR count). The number of benzene rings is 1. The zero-order valence-corrected chi connectivity index (χ0v) is 10.3. The van der Waals surface area contributed by atoms with Crippen LogP contribution in [0.3, 0.4) is 0 Å². The molecular weight excluding hydrogens is 228 g/mol. The summed E-state index contributed by atoms with van der Waals surface area (Å²) in [5.74, 6) is 0. The second-order valence-corrected chi connectivity index (χ2v) is 4.66. The summed E-state index contributed by atoms with van der Waals surface area (Å²) in [4.78, 5) is 2.28. The SMILES string of the molecule is N#CC(O)C(O)c1cccc(N2CCCCC2)c1. The van der Waals surface area contributed by atoms with Gasteiger partial charge in [0, 0.05) is 18.8 Å². The van der Waals surface area contributed by atoms with E-state index in [0.717, 1.165) is 18.8 Å². The largest absolute Gasteiger partial charge is 0.385 e. The van der Waals surface area contributed by atoms with Gasteiger partial charge in [-0.25, -0.2) is 0 Å². The van der Waals surface area contributed by atoms with E-state index in [2.05, 4.69) is 4.90 Å². The molecule has 1 aliphatic rings. The molecule has 4 heteroatoms. The van der Waals surface area contributed by atoms with Crippen LogP contribution in [0, 0.1) is 11.3 Å². The Morgan fingerprint density at radius 2 is 1.89 bits per heavy atom. The Balaban J connectivity index is 2.16. The van der Waals surface area contributed by atoms with Gasteiger partial charge >= 0.3 is 0 Å². The van der Waals surface area contributed by atoms with Crippen molar-refractivity contribution >= 4 is 5.69 Å². The first kappa shape index (κ1) is 12.9. The summed E-state index contributed by atoms with van der Waals surface area (Å²) >= 11 is 0. The lowest BCUT2D eigenvalue weighted by atomic mass is 10.0. The van der Waals surface area contributed by atoms with Crippen molar-refractivity contribution in [1.82, 2.24) is 0 Å². The minimum absolute atomic E-state index is 0.590. The van der Waals surface area contributed by atoms with Crippen molar-refractivity contribution in [3.8, 4) is 6.07 Å².